The highest BCUT2D eigenvalue weighted by atomic mass is 19.1. The van der Waals surface area contributed by atoms with E-state index >= 15 is 0 Å². The van der Waals surface area contributed by atoms with Crippen LogP contribution in [0.3, 0.4) is 0 Å². The van der Waals surface area contributed by atoms with E-state index < -0.39 is 0 Å². The minimum atomic E-state index is -0.288. The normalized spacial score (nSPS) is 18.7. The second-order valence-electron chi connectivity index (χ2n) is 7.44. The van der Waals surface area contributed by atoms with Gasteiger partial charge in [-0.2, -0.15) is 0 Å². The highest BCUT2D eigenvalue weighted by Gasteiger charge is 2.25. The molecule has 0 aromatic heterocycles. The van der Waals surface area contributed by atoms with Crippen LogP contribution in [-0.2, 0) is 6.42 Å². The van der Waals surface area contributed by atoms with Gasteiger partial charge >= 0.3 is 6.03 Å². The third-order valence-electron chi connectivity index (χ3n) is 5.38. The molecule has 0 spiro atoms. The van der Waals surface area contributed by atoms with Crippen molar-refractivity contribution in [3.05, 3.63) is 59.4 Å². The third kappa shape index (κ3) is 4.16. The number of nitrogens with zero attached hydrogens (tertiary/aromatic N) is 1. The molecule has 2 aliphatic rings. The van der Waals surface area contributed by atoms with E-state index in [1.807, 2.05) is 6.07 Å². The Kier molecular flexibility index (Phi) is 5.28. The number of halogens is 1. The van der Waals surface area contributed by atoms with Gasteiger partial charge in [0.05, 0.1) is 6.61 Å². The topological polar surface area (TPSA) is 58.6 Å². The summed E-state index contributed by atoms with van der Waals surface area (Å²) in [6.07, 6.45) is 3.20. The quantitative estimate of drug-likeness (QED) is 0.859. The summed E-state index contributed by atoms with van der Waals surface area (Å²) in [5.74, 6) is 0.759. The van der Waals surface area contributed by atoms with Crippen molar-refractivity contribution >= 4 is 17.5 Å². The lowest BCUT2D eigenvalue weighted by atomic mass is 9.99. The van der Waals surface area contributed by atoms with Crippen LogP contribution in [0.5, 0.6) is 5.75 Å². The average Bonchev–Trinajstić information content (AvgIpc) is 3.08. The summed E-state index contributed by atoms with van der Waals surface area (Å²) in [4.78, 5) is 26.2. The Bertz CT molecular complexity index is 882. The minimum Gasteiger partial charge on any atom is -0.493 e. The fourth-order valence-corrected chi connectivity index (χ4v) is 3.87. The highest BCUT2D eigenvalue weighted by Crippen LogP contribution is 2.26. The van der Waals surface area contributed by atoms with Gasteiger partial charge in [-0.15, -0.1) is 0 Å². The van der Waals surface area contributed by atoms with E-state index in [0.717, 1.165) is 36.1 Å². The third-order valence-corrected chi connectivity index (χ3v) is 5.38. The van der Waals surface area contributed by atoms with E-state index in [9.17, 15) is 14.0 Å². The number of hydrogen-bond acceptors (Lipinski definition) is 3. The molecule has 1 fully saturated rings. The standard InChI is InChI=1S/C22H23FN2O3/c23-17-4-7-19(8-5-17)28-14-15-2-1-11-25(13-15)22(27)24-18-6-9-20-16(12-18)3-10-21(20)26/h4-9,12,15H,1-3,10-11,13-14H2,(H,24,27)/t15-/m0/s1. The Morgan fingerprint density at radius 3 is 2.82 bits per heavy atom. The summed E-state index contributed by atoms with van der Waals surface area (Å²) in [7, 11) is 0. The smallest absolute Gasteiger partial charge is 0.321 e. The molecule has 1 saturated heterocycles. The molecule has 1 atom stereocenters. The van der Waals surface area contributed by atoms with Crippen molar-refractivity contribution in [2.24, 2.45) is 5.92 Å². The number of Topliss-reactive ketones (excluding diaryl/α,β-unsaturated/α-hetero) is 1. The number of benzene rings is 2. The number of rotatable bonds is 4. The van der Waals surface area contributed by atoms with Gasteiger partial charge in [0.2, 0.25) is 0 Å². The fraction of sp³-hybridized carbons (Fsp3) is 0.364. The maximum atomic E-state index is 13.0. The van der Waals surface area contributed by atoms with Crippen molar-refractivity contribution in [1.82, 2.24) is 4.90 Å². The maximum absolute atomic E-state index is 13.0. The molecule has 5 nitrogen and oxygen atoms in total. The lowest BCUT2D eigenvalue weighted by Crippen LogP contribution is -2.43. The summed E-state index contributed by atoms with van der Waals surface area (Å²) in [5, 5.41) is 2.95. The van der Waals surface area contributed by atoms with Crippen molar-refractivity contribution in [3.8, 4) is 5.75 Å². The lowest BCUT2D eigenvalue weighted by Gasteiger charge is -2.32. The van der Waals surface area contributed by atoms with Crippen LogP contribution in [-0.4, -0.2) is 36.4 Å². The Hall–Kier alpha value is -2.89. The van der Waals surface area contributed by atoms with Gasteiger partial charge in [0.15, 0.2) is 5.78 Å². The molecule has 1 heterocycles. The van der Waals surface area contributed by atoms with Gasteiger partial charge in [-0.3, -0.25) is 4.79 Å². The summed E-state index contributed by atoms with van der Waals surface area (Å²) in [6, 6.07) is 11.3. The molecule has 4 rings (SSSR count). The molecule has 0 saturated carbocycles. The fourth-order valence-electron chi connectivity index (χ4n) is 3.87. The van der Waals surface area contributed by atoms with Gasteiger partial charge < -0.3 is 15.0 Å². The number of aryl methyl sites for hydroxylation is 1. The molecule has 2 aromatic carbocycles. The highest BCUT2D eigenvalue weighted by molar-refractivity contribution is 6.01. The molecule has 1 aliphatic heterocycles. The van der Waals surface area contributed by atoms with Gasteiger partial charge in [-0.05, 0) is 67.3 Å². The molecule has 1 N–H and O–H groups in total. The summed E-state index contributed by atoms with van der Waals surface area (Å²) in [6.45, 7) is 1.83. The number of piperidine rings is 1. The first kappa shape index (κ1) is 18.5. The van der Waals surface area contributed by atoms with Crippen LogP contribution in [0, 0.1) is 11.7 Å². The molecule has 6 heteroatoms. The van der Waals surface area contributed by atoms with E-state index in [0.29, 0.717) is 31.9 Å². The lowest BCUT2D eigenvalue weighted by molar-refractivity contribution is 0.0994. The maximum Gasteiger partial charge on any atom is 0.321 e. The largest absolute Gasteiger partial charge is 0.493 e. The molecule has 28 heavy (non-hydrogen) atoms. The van der Waals surface area contributed by atoms with Gasteiger partial charge in [0.25, 0.3) is 0 Å². The Balaban J connectivity index is 1.32. The molecule has 2 aromatic rings. The number of nitrogens with one attached hydrogen (secondary N) is 1. The molecule has 2 amide bonds. The Morgan fingerprint density at radius 2 is 2.00 bits per heavy atom. The van der Waals surface area contributed by atoms with Crippen LogP contribution in [0.4, 0.5) is 14.9 Å². The summed E-state index contributed by atoms with van der Waals surface area (Å²) in [5.41, 5.74) is 2.50. The molecule has 0 bridgehead atoms. The van der Waals surface area contributed by atoms with Crippen LogP contribution in [0.15, 0.2) is 42.5 Å². The first-order chi connectivity index (χ1) is 13.6. The van der Waals surface area contributed by atoms with E-state index in [-0.39, 0.29) is 23.5 Å². The number of carbonyl (C=O) groups is 2. The van der Waals surface area contributed by atoms with Gasteiger partial charge in [-0.1, -0.05) is 0 Å². The van der Waals surface area contributed by atoms with Gasteiger partial charge in [-0.25, -0.2) is 9.18 Å². The predicted octanol–water partition coefficient (Wildman–Crippen LogP) is 4.28. The molecule has 146 valence electrons. The monoisotopic (exact) mass is 382 g/mol. The van der Waals surface area contributed by atoms with Crippen molar-refractivity contribution in [2.75, 3.05) is 25.0 Å². The average molecular weight is 382 g/mol. The zero-order chi connectivity index (χ0) is 19.5. The number of amides is 2. The number of carbonyl (C=O) groups excluding carboxylic acids is 2. The van der Waals surface area contributed by atoms with E-state index in [2.05, 4.69) is 5.32 Å². The predicted molar refractivity (Wildman–Crippen MR) is 104 cm³/mol. The molecule has 0 unspecified atom stereocenters. The second-order valence-corrected chi connectivity index (χ2v) is 7.44. The van der Waals surface area contributed by atoms with Crippen molar-refractivity contribution in [2.45, 2.75) is 25.7 Å². The van der Waals surface area contributed by atoms with Crippen molar-refractivity contribution < 1.29 is 18.7 Å². The van der Waals surface area contributed by atoms with Crippen LogP contribution >= 0.6 is 0 Å². The summed E-state index contributed by atoms with van der Waals surface area (Å²) >= 11 is 0. The molecule has 0 radical (unpaired) electrons. The second kappa shape index (κ2) is 8.00. The molecular formula is C22H23FN2O3. The number of ether oxygens (including phenoxy) is 1. The van der Waals surface area contributed by atoms with Crippen LogP contribution in [0.2, 0.25) is 0 Å². The first-order valence-electron chi connectivity index (χ1n) is 9.69. The van der Waals surface area contributed by atoms with Crippen LogP contribution in [0.1, 0.15) is 35.2 Å². The van der Waals surface area contributed by atoms with E-state index in [4.69, 9.17) is 4.74 Å². The Morgan fingerprint density at radius 1 is 1.18 bits per heavy atom. The molecule has 1 aliphatic carbocycles. The number of likely N-dealkylation sites (tertiary alicyclic amines) is 1. The van der Waals surface area contributed by atoms with Crippen LogP contribution in [0.25, 0.3) is 0 Å². The summed E-state index contributed by atoms with van der Waals surface area (Å²) < 4.78 is 18.7. The van der Waals surface area contributed by atoms with Crippen molar-refractivity contribution in [1.29, 1.82) is 0 Å². The van der Waals surface area contributed by atoms with Crippen LogP contribution < -0.4 is 10.1 Å². The zero-order valence-corrected chi connectivity index (χ0v) is 15.6. The number of ketones is 1. The number of hydrogen-bond donors (Lipinski definition) is 1. The molecular weight excluding hydrogens is 359 g/mol. The number of urea groups is 1. The van der Waals surface area contributed by atoms with E-state index in [1.54, 1.807) is 29.2 Å². The number of anilines is 1. The Labute approximate surface area is 163 Å². The first-order valence-corrected chi connectivity index (χ1v) is 9.69. The SMILES string of the molecule is O=C1CCc2cc(NC(=O)N3CCC[C@H](COc4ccc(F)cc4)C3)ccc21. The van der Waals surface area contributed by atoms with E-state index in [1.165, 1.54) is 12.1 Å². The van der Waals surface area contributed by atoms with Crippen molar-refractivity contribution in [3.63, 3.8) is 0 Å². The van der Waals surface area contributed by atoms with Gasteiger partial charge in [0.1, 0.15) is 11.6 Å². The zero-order valence-electron chi connectivity index (χ0n) is 15.6. The van der Waals surface area contributed by atoms with Gasteiger partial charge in [0, 0.05) is 36.7 Å². The number of fused-ring (bicyclic) bond motifs is 1. The minimum absolute atomic E-state index is 0.129.